The van der Waals surface area contributed by atoms with Gasteiger partial charge in [-0.3, -0.25) is 9.59 Å². The van der Waals surface area contributed by atoms with Crippen LogP contribution in [0.1, 0.15) is 67.2 Å². The predicted molar refractivity (Wildman–Crippen MR) is 97.2 cm³/mol. The largest absolute Gasteiger partial charge is 0.469 e. The SMILES string of the molecule is COC(=O)C1CCC(C)(C(=O)N2CCCC2C(=O)OC(C)(C)C)C1(C)C. The van der Waals surface area contributed by atoms with Crippen LogP contribution in [0.3, 0.4) is 0 Å². The highest BCUT2D eigenvalue weighted by atomic mass is 16.6. The molecule has 0 bridgehead atoms. The summed E-state index contributed by atoms with van der Waals surface area (Å²) in [6.45, 7) is 11.9. The number of amides is 1. The van der Waals surface area contributed by atoms with E-state index in [-0.39, 0.29) is 23.8 Å². The molecule has 26 heavy (non-hydrogen) atoms. The van der Waals surface area contributed by atoms with Gasteiger partial charge in [-0.25, -0.2) is 4.79 Å². The van der Waals surface area contributed by atoms with Crippen LogP contribution in [-0.2, 0) is 23.9 Å². The molecule has 1 saturated heterocycles. The van der Waals surface area contributed by atoms with Crippen LogP contribution < -0.4 is 0 Å². The fraction of sp³-hybridized carbons (Fsp3) is 0.850. The number of nitrogens with zero attached hydrogens (tertiary/aromatic N) is 1. The van der Waals surface area contributed by atoms with Crippen LogP contribution in [-0.4, -0.2) is 48.0 Å². The molecule has 1 aliphatic heterocycles. The Morgan fingerprint density at radius 3 is 2.19 bits per heavy atom. The number of hydrogen-bond donors (Lipinski definition) is 0. The number of methoxy groups -OCH3 is 1. The van der Waals surface area contributed by atoms with Gasteiger partial charge in [0.25, 0.3) is 0 Å². The maximum absolute atomic E-state index is 13.5. The Morgan fingerprint density at radius 1 is 1.04 bits per heavy atom. The molecule has 0 aromatic carbocycles. The summed E-state index contributed by atoms with van der Waals surface area (Å²) in [6.07, 6.45) is 2.63. The van der Waals surface area contributed by atoms with Crippen molar-refractivity contribution in [1.29, 1.82) is 0 Å². The zero-order chi connectivity index (χ0) is 19.9. The fourth-order valence-electron chi connectivity index (χ4n) is 4.38. The molecular weight excluding hydrogens is 334 g/mol. The lowest BCUT2D eigenvalue weighted by atomic mass is 9.65. The summed E-state index contributed by atoms with van der Waals surface area (Å²) >= 11 is 0. The number of rotatable bonds is 3. The highest BCUT2D eigenvalue weighted by molar-refractivity contribution is 5.90. The quantitative estimate of drug-likeness (QED) is 0.717. The zero-order valence-corrected chi connectivity index (χ0v) is 17.2. The summed E-state index contributed by atoms with van der Waals surface area (Å²) in [4.78, 5) is 39.9. The molecule has 2 rings (SSSR count). The summed E-state index contributed by atoms with van der Waals surface area (Å²) in [5.41, 5.74) is -1.84. The summed E-state index contributed by atoms with van der Waals surface area (Å²) < 4.78 is 10.5. The molecular formula is C20H33NO5. The van der Waals surface area contributed by atoms with Gasteiger partial charge in [-0.2, -0.15) is 0 Å². The second-order valence-corrected chi connectivity index (χ2v) is 9.36. The third-order valence-corrected chi connectivity index (χ3v) is 6.38. The summed E-state index contributed by atoms with van der Waals surface area (Å²) in [5, 5.41) is 0. The maximum Gasteiger partial charge on any atom is 0.329 e. The van der Waals surface area contributed by atoms with Gasteiger partial charge in [-0.15, -0.1) is 0 Å². The maximum atomic E-state index is 13.5. The van der Waals surface area contributed by atoms with Crippen LogP contribution in [0.5, 0.6) is 0 Å². The highest BCUT2D eigenvalue weighted by Crippen LogP contribution is 2.57. The monoisotopic (exact) mass is 367 g/mol. The number of hydrogen-bond acceptors (Lipinski definition) is 5. The van der Waals surface area contributed by atoms with Crippen molar-refractivity contribution in [2.45, 2.75) is 78.9 Å². The van der Waals surface area contributed by atoms with Crippen molar-refractivity contribution in [2.75, 3.05) is 13.7 Å². The Kier molecular flexibility index (Phi) is 5.46. The molecule has 6 heteroatoms. The van der Waals surface area contributed by atoms with Crippen molar-refractivity contribution in [3.63, 3.8) is 0 Å². The second kappa shape index (κ2) is 6.86. The van der Waals surface area contributed by atoms with Crippen molar-refractivity contribution in [1.82, 2.24) is 4.90 Å². The van der Waals surface area contributed by atoms with Gasteiger partial charge in [0.1, 0.15) is 11.6 Å². The number of likely N-dealkylation sites (tertiary alicyclic amines) is 1. The average Bonchev–Trinajstić information content (AvgIpc) is 3.09. The molecule has 1 aliphatic carbocycles. The lowest BCUT2D eigenvalue weighted by Gasteiger charge is -2.42. The van der Waals surface area contributed by atoms with Gasteiger partial charge < -0.3 is 14.4 Å². The molecule has 3 atom stereocenters. The van der Waals surface area contributed by atoms with E-state index in [1.807, 2.05) is 41.5 Å². The van der Waals surface area contributed by atoms with Gasteiger partial charge in [-0.1, -0.05) is 20.8 Å². The van der Waals surface area contributed by atoms with Crippen LogP contribution in [0, 0.1) is 16.7 Å². The third-order valence-electron chi connectivity index (χ3n) is 6.38. The van der Waals surface area contributed by atoms with Gasteiger partial charge in [-0.05, 0) is 51.9 Å². The number of carbonyl (C=O) groups is 3. The fourth-order valence-corrected chi connectivity index (χ4v) is 4.38. The molecule has 1 saturated carbocycles. The number of ether oxygens (including phenoxy) is 2. The molecule has 3 unspecified atom stereocenters. The van der Waals surface area contributed by atoms with Crippen LogP contribution >= 0.6 is 0 Å². The van der Waals surface area contributed by atoms with Gasteiger partial charge in [0.2, 0.25) is 5.91 Å². The molecule has 1 heterocycles. The topological polar surface area (TPSA) is 72.9 Å². The first-order chi connectivity index (χ1) is 11.8. The van der Waals surface area contributed by atoms with Crippen molar-refractivity contribution in [3.8, 4) is 0 Å². The minimum Gasteiger partial charge on any atom is -0.469 e. The summed E-state index contributed by atoms with van der Waals surface area (Å²) in [5.74, 6) is -0.977. The van der Waals surface area contributed by atoms with Crippen LogP contribution in [0.15, 0.2) is 0 Å². The van der Waals surface area contributed by atoms with Crippen LogP contribution in [0.4, 0.5) is 0 Å². The van der Waals surface area contributed by atoms with E-state index >= 15 is 0 Å². The second-order valence-electron chi connectivity index (χ2n) is 9.36. The first kappa shape index (κ1) is 20.7. The molecule has 6 nitrogen and oxygen atoms in total. The van der Waals surface area contributed by atoms with Crippen molar-refractivity contribution in [3.05, 3.63) is 0 Å². The normalized spacial score (nSPS) is 31.0. The van der Waals surface area contributed by atoms with E-state index in [0.717, 1.165) is 6.42 Å². The van der Waals surface area contributed by atoms with Crippen molar-refractivity contribution >= 4 is 17.8 Å². The van der Waals surface area contributed by atoms with E-state index in [0.29, 0.717) is 25.8 Å². The molecule has 0 aromatic rings. The van der Waals surface area contributed by atoms with Gasteiger partial charge in [0.05, 0.1) is 18.4 Å². The summed E-state index contributed by atoms with van der Waals surface area (Å²) in [7, 11) is 1.38. The van der Waals surface area contributed by atoms with Crippen LogP contribution in [0.25, 0.3) is 0 Å². The van der Waals surface area contributed by atoms with E-state index < -0.39 is 22.5 Å². The standard InChI is InChI=1S/C20H33NO5/c1-18(2,3)26-16(23)14-9-8-12-21(14)17(24)20(6)11-10-13(15(22)25-7)19(20,4)5/h13-14H,8-12H2,1-7H3. The van der Waals surface area contributed by atoms with Crippen molar-refractivity contribution in [2.24, 2.45) is 16.7 Å². The number of esters is 2. The lowest BCUT2D eigenvalue weighted by molar-refractivity contribution is -0.168. The smallest absolute Gasteiger partial charge is 0.329 e. The van der Waals surface area contributed by atoms with Crippen molar-refractivity contribution < 1.29 is 23.9 Å². The first-order valence-corrected chi connectivity index (χ1v) is 9.47. The molecule has 0 radical (unpaired) electrons. The van der Waals surface area contributed by atoms with Gasteiger partial charge in [0, 0.05) is 6.54 Å². The van der Waals surface area contributed by atoms with E-state index in [1.165, 1.54) is 7.11 Å². The van der Waals surface area contributed by atoms with E-state index in [1.54, 1.807) is 4.90 Å². The Balaban J connectivity index is 2.24. The predicted octanol–water partition coefficient (Wildman–Crippen LogP) is 2.93. The summed E-state index contributed by atoms with van der Waals surface area (Å²) in [6, 6.07) is -0.536. The van der Waals surface area contributed by atoms with E-state index in [9.17, 15) is 14.4 Å². The molecule has 0 spiro atoms. The Morgan fingerprint density at radius 2 is 1.65 bits per heavy atom. The molecule has 148 valence electrons. The third kappa shape index (κ3) is 3.47. The van der Waals surface area contributed by atoms with Gasteiger partial charge in [0.15, 0.2) is 0 Å². The van der Waals surface area contributed by atoms with Crippen LogP contribution in [0.2, 0.25) is 0 Å². The number of carbonyl (C=O) groups excluding carboxylic acids is 3. The molecule has 2 fully saturated rings. The minimum atomic E-state index is -0.712. The molecule has 2 aliphatic rings. The lowest BCUT2D eigenvalue weighted by Crippen LogP contribution is -2.53. The Labute approximate surface area is 156 Å². The molecule has 0 aromatic heterocycles. The Bertz CT molecular complexity index is 591. The minimum absolute atomic E-state index is 0.0535. The first-order valence-electron chi connectivity index (χ1n) is 9.47. The van der Waals surface area contributed by atoms with E-state index in [2.05, 4.69) is 0 Å². The zero-order valence-electron chi connectivity index (χ0n) is 17.2. The Hall–Kier alpha value is -1.59. The molecule has 1 amide bonds. The average molecular weight is 367 g/mol. The highest BCUT2D eigenvalue weighted by Gasteiger charge is 2.60. The van der Waals surface area contributed by atoms with E-state index in [4.69, 9.17) is 9.47 Å². The molecule has 0 N–H and O–H groups in total. The van der Waals surface area contributed by atoms with Gasteiger partial charge >= 0.3 is 11.9 Å².